The van der Waals surface area contributed by atoms with E-state index in [1.807, 2.05) is 36.4 Å². The molecule has 0 atom stereocenters. The van der Waals surface area contributed by atoms with Crippen LogP contribution < -0.4 is 11.1 Å². The first-order valence-electron chi connectivity index (χ1n) is 6.34. The van der Waals surface area contributed by atoms with Gasteiger partial charge in [0.15, 0.2) is 0 Å². The topological polar surface area (TPSA) is 50.9 Å². The molecule has 0 spiro atoms. The van der Waals surface area contributed by atoms with Crippen LogP contribution in [0.3, 0.4) is 0 Å². The van der Waals surface area contributed by atoms with Gasteiger partial charge in [0.05, 0.1) is 17.4 Å². The summed E-state index contributed by atoms with van der Waals surface area (Å²) in [7, 11) is 0. The van der Waals surface area contributed by atoms with Crippen molar-refractivity contribution in [3.8, 4) is 0 Å². The molecule has 0 amide bonds. The molecule has 0 radical (unpaired) electrons. The zero-order chi connectivity index (χ0) is 14.8. The fourth-order valence-corrected chi connectivity index (χ4v) is 2.47. The Hall–Kier alpha value is -2.17. The lowest BCUT2D eigenvalue weighted by molar-refractivity contribution is 1.39. The lowest BCUT2D eigenvalue weighted by atomic mass is 10.1. The van der Waals surface area contributed by atoms with E-state index in [9.17, 15) is 0 Å². The van der Waals surface area contributed by atoms with Crippen LogP contribution in [0.5, 0.6) is 0 Å². The molecule has 0 aliphatic heterocycles. The number of nitrogens with two attached hydrogens (primary N) is 1. The van der Waals surface area contributed by atoms with Gasteiger partial charge in [0, 0.05) is 21.7 Å². The first-order chi connectivity index (χ1) is 10.1. The monoisotopic (exact) mass is 313 g/mol. The lowest BCUT2D eigenvalue weighted by Crippen LogP contribution is -2.12. The molecule has 5 heteroatoms. The third-order valence-electron chi connectivity index (χ3n) is 3.12. The van der Waals surface area contributed by atoms with Crippen molar-refractivity contribution < 1.29 is 0 Å². The summed E-state index contributed by atoms with van der Waals surface area (Å²) >= 11 is 11.1. The van der Waals surface area contributed by atoms with E-state index in [-0.39, 0.29) is 0 Å². The normalized spacial score (nSPS) is 10.5. The van der Waals surface area contributed by atoms with Crippen LogP contribution in [0.4, 0.5) is 11.4 Å². The van der Waals surface area contributed by atoms with Gasteiger partial charge in [-0.25, -0.2) is 0 Å². The summed E-state index contributed by atoms with van der Waals surface area (Å²) in [5, 5.41) is 4.95. The van der Waals surface area contributed by atoms with Gasteiger partial charge >= 0.3 is 0 Å². The number of hydrogen-bond acceptors (Lipinski definition) is 3. The van der Waals surface area contributed by atoms with E-state index >= 15 is 0 Å². The number of nitrogens with one attached hydrogen (secondary N) is 1. The van der Waals surface area contributed by atoms with Gasteiger partial charge < -0.3 is 11.1 Å². The van der Waals surface area contributed by atoms with Crippen LogP contribution in [-0.4, -0.2) is 9.97 Å². The van der Waals surface area contributed by atoms with Gasteiger partial charge in [-0.1, -0.05) is 42.0 Å². The summed E-state index contributed by atoms with van der Waals surface area (Å²) in [6.45, 7) is 0. The van der Waals surface area contributed by atoms with Crippen LogP contribution in [-0.2, 0) is 0 Å². The number of aromatic nitrogens is 1. The number of benzene rings is 2. The molecule has 0 bridgehead atoms. The average molecular weight is 314 g/mol. The van der Waals surface area contributed by atoms with Crippen molar-refractivity contribution in [2.24, 2.45) is 5.73 Å². The Balaban J connectivity index is 2.00. The molecule has 0 saturated heterocycles. The molecule has 2 aromatic carbocycles. The highest BCUT2D eigenvalue weighted by atomic mass is 35.5. The Morgan fingerprint density at radius 2 is 1.95 bits per heavy atom. The Kier molecular flexibility index (Phi) is 3.73. The van der Waals surface area contributed by atoms with Crippen LogP contribution in [0, 0.1) is 0 Å². The quantitative estimate of drug-likeness (QED) is 0.709. The molecule has 0 aliphatic carbocycles. The predicted molar refractivity (Wildman–Crippen MR) is 92.4 cm³/mol. The maximum atomic E-state index is 5.99. The zero-order valence-electron chi connectivity index (χ0n) is 11.0. The Morgan fingerprint density at radius 1 is 1.14 bits per heavy atom. The number of hydrogen-bond donors (Lipinski definition) is 2. The SMILES string of the molecule is NC(=S)c1cc(Cl)ccc1Nc1cnc2ccccc2c1. The molecule has 104 valence electrons. The summed E-state index contributed by atoms with van der Waals surface area (Å²) < 4.78 is 0. The molecule has 1 heterocycles. The summed E-state index contributed by atoms with van der Waals surface area (Å²) in [5.41, 5.74) is 9.09. The minimum atomic E-state index is 0.300. The fourth-order valence-electron chi connectivity index (χ4n) is 2.12. The second-order valence-electron chi connectivity index (χ2n) is 4.60. The van der Waals surface area contributed by atoms with Gasteiger partial charge in [0.2, 0.25) is 0 Å². The largest absolute Gasteiger partial charge is 0.389 e. The van der Waals surface area contributed by atoms with Crippen LogP contribution in [0.1, 0.15) is 5.56 Å². The minimum absolute atomic E-state index is 0.300. The van der Waals surface area contributed by atoms with Gasteiger partial charge in [-0.3, -0.25) is 4.98 Å². The van der Waals surface area contributed by atoms with E-state index in [4.69, 9.17) is 29.6 Å². The second-order valence-corrected chi connectivity index (χ2v) is 5.47. The first kappa shape index (κ1) is 13.8. The molecule has 0 unspecified atom stereocenters. The molecule has 3 rings (SSSR count). The van der Waals surface area contributed by atoms with Gasteiger partial charge in [-0.2, -0.15) is 0 Å². The maximum Gasteiger partial charge on any atom is 0.106 e. The van der Waals surface area contributed by atoms with E-state index in [0.29, 0.717) is 15.6 Å². The number of halogens is 1. The van der Waals surface area contributed by atoms with Crippen molar-refractivity contribution in [3.63, 3.8) is 0 Å². The summed E-state index contributed by atoms with van der Waals surface area (Å²) in [6.07, 6.45) is 1.78. The number of nitrogens with zero attached hydrogens (tertiary/aromatic N) is 1. The highest BCUT2D eigenvalue weighted by Gasteiger charge is 2.07. The molecule has 0 saturated carbocycles. The minimum Gasteiger partial charge on any atom is -0.389 e. The molecular formula is C16H12ClN3S. The molecule has 21 heavy (non-hydrogen) atoms. The molecule has 3 N–H and O–H groups in total. The number of para-hydroxylation sites is 1. The van der Waals surface area contributed by atoms with Crippen molar-refractivity contribution in [1.82, 2.24) is 4.98 Å². The maximum absolute atomic E-state index is 5.99. The van der Waals surface area contributed by atoms with E-state index in [1.54, 1.807) is 18.3 Å². The smallest absolute Gasteiger partial charge is 0.106 e. The number of thiocarbonyl (C=S) groups is 1. The molecule has 1 aromatic heterocycles. The number of pyridine rings is 1. The molecular weight excluding hydrogens is 302 g/mol. The van der Waals surface area contributed by atoms with E-state index < -0.39 is 0 Å². The van der Waals surface area contributed by atoms with Crippen molar-refractivity contribution in [2.75, 3.05) is 5.32 Å². The third-order valence-corrected chi connectivity index (χ3v) is 3.57. The summed E-state index contributed by atoms with van der Waals surface area (Å²) in [4.78, 5) is 4.72. The number of rotatable bonds is 3. The van der Waals surface area contributed by atoms with E-state index in [1.165, 1.54) is 0 Å². The van der Waals surface area contributed by atoms with Crippen LogP contribution >= 0.6 is 23.8 Å². The van der Waals surface area contributed by atoms with E-state index in [0.717, 1.165) is 22.3 Å². The molecule has 3 aromatic rings. The Labute approximate surface area is 132 Å². The van der Waals surface area contributed by atoms with Crippen LogP contribution in [0.15, 0.2) is 54.7 Å². The van der Waals surface area contributed by atoms with Gasteiger partial charge in [0.1, 0.15) is 4.99 Å². The lowest BCUT2D eigenvalue weighted by Gasteiger charge is -2.12. The third kappa shape index (κ3) is 2.96. The zero-order valence-corrected chi connectivity index (χ0v) is 12.6. The van der Waals surface area contributed by atoms with E-state index in [2.05, 4.69) is 10.3 Å². The van der Waals surface area contributed by atoms with Gasteiger partial charge in [0.25, 0.3) is 0 Å². The summed E-state index contributed by atoms with van der Waals surface area (Å²) in [6, 6.07) is 15.4. The van der Waals surface area contributed by atoms with Crippen molar-refractivity contribution in [2.45, 2.75) is 0 Å². The molecule has 3 nitrogen and oxygen atoms in total. The number of fused-ring (bicyclic) bond motifs is 1. The Morgan fingerprint density at radius 3 is 2.76 bits per heavy atom. The standard InChI is InChI=1S/C16H12ClN3S/c17-11-5-6-15(13(8-11)16(18)21)20-12-7-10-3-1-2-4-14(10)19-9-12/h1-9,20H,(H2,18,21). The Bertz CT molecular complexity index is 833. The number of anilines is 2. The molecule has 0 fully saturated rings. The average Bonchev–Trinajstić information content (AvgIpc) is 2.49. The second kappa shape index (κ2) is 5.68. The molecule has 0 aliphatic rings. The van der Waals surface area contributed by atoms with Crippen molar-refractivity contribution >= 4 is 51.1 Å². The summed E-state index contributed by atoms with van der Waals surface area (Å²) in [5.74, 6) is 0. The van der Waals surface area contributed by atoms with Crippen LogP contribution in [0.25, 0.3) is 10.9 Å². The van der Waals surface area contributed by atoms with Crippen molar-refractivity contribution in [3.05, 3.63) is 65.3 Å². The highest BCUT2D eigenvalue weighted by Crippen LogP contribution is 2.25. The predicted octanol–water partition coefficient (Wildman–Crippen LogP) is 4.27. The highest BCUT2D eigenvalue weighted by molar-refractivity contribution is 7.80. The first-order valence-corrected chi connectivity index (χ1v) is 7.13. The van der Waals surface area contributed by atoms with Gasteiger partial charge in [-0.15, -0.1) is 0 Å². The van der Waals surface area contributed by atoms with Gasteiger partial charge in [-0.05, 0) is 30.3 Å². The fraction of sp³-hybridized carbons (Fsp3) is 0. The van der Waals surface area contributed by atoms with Crippen molar-refractivity contribution in [1.29, 1.82) is 0 Å². The van der Waals surface area contributed by atoms with Crippen LogP contribution in [0.2, 0.25) is 5.02 Å².